The molecule has 0 aliphatic carbocycles. The zero-order valence-electron chi connectivity index (χ0n) is 12.2. The topological polar surface area (TPSA) is 51.1 Å². The van der Waals surface area contributed by atoms with Crippen LogP contribution in [0.5, 0.6) is 0 Å². The van der Waals surface area contributed by atoms with E-state index in [0.29, 0.717) is 6.04 Å². The van der Waals surface area contributed by atoms with Crippen LogP contribution < -0.4 is 9.44 Å². The van der Waals surface area contributed by atoms with Crippen LogP contribution in [0.3, 0.4) is 0 Å². The van der Waals surface area contributed by atoms with Crippen molar-refractivity contribution >= 4 is 17.8 Å². The zero-order chi connectivity index (χ0) is 15.2. The van der Waals surface area contributed by atoms with Crippen LogP contribution in [0, 0.1) is 11.5 Å². The molecule has 0 spiro atoms. The van der Waals surface area contributed by atoms with Crippen LogP contribution in [0.15, 0.2) is 54.6 Å². The third-order valence-corrected chi connectivity index (χ3v) is 4.48. The van der Waals surface area contributed by atoms with Gasteiger partial charge in [0.15, 0.2) is 6.19 Å². The van der Waals surface area contributed by atoms with Crippen molar-refractivity contribution in [3.63, 3.8) is 0 Å². The standard InChI is InChI=1S/C17H18N4S/c18-13-21-10-9-17(12-21)20-22-19-16-8-4-7-15(11-16)14-5-2-1-3-6-14/h1-8,11,17,19-20H,9-10,12H2. The number of nitrogens with one attached hydrogen (secondary N) is 2. The Balaban J connectivity index is 1.54. The summed E-state index contributed by atoms with van der Waals surface area (Å²) < 4.78 is 6.69. The summed E-state index contributed by atoms with van der Waals surface area (Å²) in [5.74, 6) is 0. The second kappa shape index (κ2) is 7.21. The van der Waals surface area contributed by atoms with Crippen LogP contribution in [0.25, 0.3) is 11.1 Å². The van der Waals surface area contributed by atoms with Crippen LogP contribution in [-0.4, -0.2) is 24.0 Å². The molecular formula is C17H18N4S. The number of likely N-dealkylation sites (tertiary alicyclic amines) is 1. The van der Waals surface area contributed by atoms with Crippen molar-refractivity contribution in [1.82, 2.24) is 9.62 Å². The van der Waals surface area contributed by atoms with Gasteiger partial charge in [-0.3, -0.25) is 0 Å². The fraction of sp³-hybridized carbons (Fsp3) is 0.235. The number of hydrogen-bond donors (Lipinski definition) is 2. The minimum atomic E-state index is 0.356. The van der Waals surface area contributed by atoms with Crippen LogP contribution >= 0.6 is 12.1 Å². The highest BCUT2D eigenvalue weighted by Crippen LogP contribution is 2.23. The van der Waals surface area contributed by atoms with Crippen molar-refractivity contribution in [1.29, 1.82) is 5.26 Å². The van der Waals surface area contributed by atoms with E-state index in [-0.39, 0.29) is 0 Å². The number of benzene rings is 2. The molecule has 1 aliphatic rings. The Labute approximate surface area is 135 Å². The molecule has 2 N–H and O–H groups in total. The molecule has 2 aromatic carbocycles. The summed E-state index contributed by atoms with van der Waals surface area (Å²) in [4.78, 5) is 1.79. The Bertz CT molecular complexity index is 653. The minimum Gasteiger partial charge on any atom is -0.317 e. The summed E-state index contributed by atoms with van der Waals surface area (Å²) >= 11 is 1.48. The van der Waals surface area contributed by atoms with E-state index in [9.17, 15) is 0 Å². The van der Waals surface area contributed by atoms with E-state index in [2.05, 4.69) is 52.0 Å². The van der Waals surface area contributed by atoms with Crippen LogP contribution in [0.1, 0.15) is 6.42 Å². The third kappa shape index (κ3) is 3.73. The van der Waals surface area contributed by atoms with Gasteiger partial charge in [-0.05, 0) is 29.7 Å². The fourth-order valence-corrected chi connectivity index (χ4v) is 3.17. The molecule has 1 unspecified atom stereocenters. The highest BCUT2D eigenvalue weighted by atomic mass is 32.2. The number of hydrogen-bond acceptors (Lipinski definition) is 5. The Kier molecular flexibility index (Phi) is 4.84. The van der Waals surface area contributed by atoms with E-state index in [1.807, 2.05) is 18.2 Å². The van der Waals surface area contributed by atoms with Gasteiger partial charge in [0.25, 0.3) is 0 Å². The molecule has 0 saturated carbocycles. The molecule has 1 fully saturated rings. The van der Waals surface area contributed by atoms with Gasteiger partial charge in [0, 0.05) is 37.0 Å². The first-order chi connectivity index (χ1) is 10.8. The van der Waals surface area contributed by atoms with Crippen LogP contribution in [0.2, 0.25) is 0 Å². The first kappa shape index (κ1) is 14.8. The molecule has 112 valence electrons. The minimum absolute atomic E-state index is 0.356. The van der Waals surface area contributed by atoms with Crippen molar-refractivity contribution in [2.45, 2.75) is 12.5 Å². The summed E-state index contributed by atoms with van der Waals surface area (Å²) in [5.41, 5.74) is 3.47. The summed E-state index contributed by atoms with van der Waals surface area (Å²) in [6.07, 6.45) is 3.20. The maximum Gasteiger partial charge on any atom is 0.179 e. The Morgan fingerprint density at radius 2 is 1.91 bits per heavy atom. The van der Waals surface area contributed by atoms with E-state index in [1.54, 1.807) is 4.90 Å². The van der Waals surface area contributed by atoms with E-state index in [0.717, 1.165) is 25.2 Å². The predicted molar refractivity (Wildman–Crippen MR) is 91.8 cm³/mol. The molecule has 0 amide bonds. The molecule has 3 rings (SSSR count). The molecule has 5 heteroatoms. The Morgan fingerprint density at radius 3 is 2.68 bits per heavy atom. The lowest BCUT2D eigenvalue weighted by Crippen LogP contribution is -2.27. The van der Waals surface area contributed by atoms with Crippen molar-refractivity contribution in [3.05, 3.63) is 54.6 Å². The molecule has 1 aliphatic heterocycles. The quantitative estimate of drug-likeness (QED) is 0.654. The second-order valence-electron chi connectivity index (χ2n) is 5.30. The summed E-state index contributed by atoms with van der Waals surface area (Å²) in [5, 5.41) is 8.85. The Morgan fingerprint density at radius 1 is 1.09 bits per heavy atom. The van der Waals surface area contributed by atoms with E-state index in [1.165, 1.54) is 23.3 Å². The molecule has 0 radical (unpaired) electrons. The highest BCUT2D eigenvalue weighted by Gasteiger charge is 2.20. The number of nitrogens with zero attached hydrogens (tertiary/aromatic N) is 2. The molecule has 0 bridgehead atoms. The Hall–Kier alpha value is -2.16. The van der Waals surface area contributed by atoms with Gasteiger partial charge in [0.05, 0.1) is 0 Å². The smallest absolute Gasteiger partial charge is 0.179 e. The largest absolute Gasteiger partial charge is 0.317 e. The SMILES string of the molecule is N#CN1CCC(NSNc2cccc(-c3ccccc3)c2)C1. The monoisotopic (exact) mass is 310 g/mol. The molecule has 2 aromatic rings. The highest BCUT2D eigenvalue weighted by molar-refractivity contribution is 7.98. The average Bonchev–Trinajstić information content (AvgIpc) is 3.04. The van der Waals surface area contributed by atoms with Crippen LogP contribution in [-0.2, 0) is 0 Å². The third-order valence-electron chi connectivity index (χ3n) is 3.69. The maximum atomic E-state index is 8.85. The van der Waals surface area contributed by atoms with Gasteiger partial charge < -0.3 is 9.62 Å². The number of anilines is 1. The van der Waals surface area contributed by atoms with Crippen molar-refractivity contribution in [3.8, 4) is 17.3 Å². The van der Waals surface area contributed by atoms with Crippen molar-refractivity contribution in [2.75, 3.05) is 17.8 Å². The average molecular weight is 310 g/mol. The van der Waals surface area contributed by atoms with E-state index < -0.39 is 0 Å². The first-order valence-corrected chi connectivity index (χ1v) is 8.14. The first-order valence-electron chi connectivity index (χ1n) is 7.33. The van der Waals surface area contributed by atoms with Gasteiger partial charge in [-0.15, -0.1) is 0 Å². The lowest BCUT2D eigenvalue weighted by atomic mass is 10.1. The van der Waals surface area contributed by atoms with Gasteiger partial charge >= 0.3 is 0 Å². The second-order valence-corrected chi connectivity index (χ2v) is 5.94. The summed E-state index contributed by atoms with van der Waals surface area (Å²) in [7, 11) is 0. The summed E-state index contributed by atoms with van der Waals surface area (Å²) in [6, 6.07) is 19.1. The van der Waals surface area contributed by atoms with Crippen molar-refractivity contribution < 1.29 is 0 Å². The maximum absolute atomic E-state index is 8.85. The van der Waals surface area contributed by atoms with Crippen LogP contribution in [0.4, 0.5) is 5.69 Å². The molecule has 0 aromatic heterocycles. The normalized spacial score (nSPS) is 17.2. The molecule has 4 nitrogen and oxygen atoms in total. The fourth-order valence-electron chi connectivity index (χ4n) is 2.51. The van der Waals surface area contributed by atoms with E-state index >= 15 is 0 Å². The molecule has 1 saturated heterocycles. The lowest BCUT2D eigenvalue weighted by molar-refractivity contribution is 0.475. The van der Waals surface area contributed by atoms with Gasteiger partial charge in [-0.1, -0.05) is 42.5 Å². The molecule has 22 heavy (non-hydrogen) atoms. The number of rotatable bonds is 5. The zero-order valence-corrected chi connectivity index (χ0v) is 13.0. The molecule has 1 atom stereocenters. The van der Waals surface area contributed by atoms with Crippen molar-refractivity contribution in [2.24, 2.45) is 0 Å². The predicted octanol–water partition coefficient (Wildman–Crippen LogP) is 3.47. The van der Waals surface area contributed by atoms with Gasteiger partial charge in [-0.2, -0.15) is 5.26 Å². The summed E-state index contributed by atoms with van der Waals surface area (Å²) in [6.45, 7) is 1.63. The molecule has 1 heterocycles. The van der Waals surface area contributed by atoms with Gasteiger partial charge in [-0.25, -0.2) is 4.72 Å². The van der Waals surface area contributed by atoms with E-state index in [4.69, 9.17) is 5.26 Å². The van der Waals surface area contributed by atoms with Gasteiger partial charge in [0.2, 0.25) is 0 Å². The number of nitriles is 1. The molecular weight excluding hydrogens is 292 g/mol. The van der Waals surface area contributed by atoms with Gasteiger partial charge in [0.1, 0.15) is 0 Å². The lowest BCUT2D eigenvalue weighted by Gasteiger charge is -2.12.